The van der Waals surface area contributed by atoms with Crippen molar-refractivity contribution in [2.75, 3.05) is 11.3 Å². The molecule has 0 spiro atoms. The lowest BCUT2D eigenvalue weighted by Gasteiger charge is -2.17. The van der Waals surface area contributed by atoms with Crippen molar-refractivity contribution in [2.45, 2.75) is 11.1 Å². The fraction of sp³-hybridized carbons (Fsp3) is 0.154. The molecular formula is C13H12BrN3O5S2. The van der Waals surface area contributed by atoms with Gasteiger partial charge in [0.05, 0.1) is 16.2 Å². The fourth-order valence-corrected chi connectivity index (χ4v) is 5.09. The second-order valence-corrected chi connectivity index (χ2v) is 9.08. The molecule has 0 atom stereocenters. The maximum atomic E-state index is 12.6. The number of anilines is 1. The van der Waals surface area contributed by atoms with Crippen LogP contribution in [0.15, 0.2) is 32.9 Å². The first-order chi connectivity index (χ1) is 11.0. The number of rotatable bonds is 4. The number of nitro benzene ring substituents is 1. The van der Waals surface area contributed by atoms with Crippen LogP contribution < -0.4 is 10.9 Å². The molecule has 0 radical (unpaired) electrons. The Labute approximate surface area is 150 Å². The van der Waals surface area contributed by atoms with Crippen LogP contribution in [0.25, 0.3) is 0 Å². The average Bonchev–Trinajstić information content (AvgIpc) is 2.82. The number of carbonyl (C=O) groups excluding carboxylic acids is 1. The number of carbonyl (C=O) groups is 1. The Kier molecular flexibility index (Phi) is 5.08. The van der Waals surface area contributed by atoms with Crippen molar-refractivity contribution in [3.63, 3.8) is 0 Å². The van der Waals surface area contributed by atoms with Crippen LogP contribution in [0.4, 0.5) is 11.4 Å². The Morgan fingerprint density at radius 1 is 1.33 bits per heavy atom. The lowest BCUT2D eigenvalue weighted by Crippen LogP contribution is -2.38. The Balaban J connectivity index is 2.47. The highest BCUT2D eigenvalue weighted by Gasteiger charge is 2.29. The Morgan fingerprint density at radius 2 is 1.88 bits per heavy atom. The SMILES string of the molecule is Cc1sc(S(C)(=O)=O)c(C(=O)N(N)c2ccc([N+](=O)[O-])cc2)c1Br. The monoisotopic (exact) mass is 433 g/mol. The molecule has 2 aromatic rings. The molecule has 2 N–H and O–H groups in total. The molecule has 24 heavy (non-hydrogen) atoms. The van der Waals surface area contributed by atoms with Crippen LogP contribution in [0, 0.1) is 17.0 Å². The first-order valence-electron chi connectivity index (χ1n) is 6.36. The van der Waals surface area contributed by atoms with E-state index in [1.807, 2.05) is 0 Å². The number of hydrazine groups is 1. The number of hydrogen-bond acceptors (Lipinski definition) is 7. The van der Waals surface area contributed by atoms with Crippen molar-refractivity contribution < 1.29 is 18.1 Å². The third-order valence-electron chi connectivity index (χ3n) is 3.09. The van der Waals surface area contributed by atoms with Gasteiger partial charge in [-0.15, -0.1) is 11.3 Å². The Bertz CT molecular complexity index is 922. The third kappa shape index (κ3) is 3.48. The number of halogens is 1. The van der Waals surface area contributed by atoms with E-state index >= 15 is 0 Å². The highest BCUT2D eigenvalue weighted by Crippen LogP contribution is 2.37. The number of nitro groups is 1. The molecule has 11 heteroatoms. The zero-order valence-corrected chi connectivity index (χ0v) is 15.7. The quantitative estimate of drug-likeness (QED) is 0.342. The summed E-state index contributed by atoms with van der Waals surface area (Å²) in [5.74, 6) is 5.05. The molecule has 0 aliphatic heterocycles. The van der Waals surface area contributed by atoms with Gasteiger partial charge in [0.1, 0.15) is 4.21 Å². The van der Waals surface area contributed by atoms with Crippen LogP contribution in [0.5, 0.6) is 0 Å². The minimum absolute atomic E-state index is 0.0548. The Morgan fingerprint density at radius 3 is 2.33 bits per heavy atom. The number of thiophene rings is 1. The number of benzene rings is 1. The van der Waals surface area contributed by atoms with Crippen LogP contribution in [-0.4, -0.2) is 25.5 Å². The molecule has 0 aliphatic rings. The number of amides is 1. The predicted molar refractivity (Wildman–Crippen MR) is 94.0 cm³/mol. The van der Waals surface area contributed by atoms with Gasteiger partial charge in [-0.05, 0) is 35.0 Å². The molecule has 8 nitrogen and oxygen atoms in total. The van der Waals surface area contributed by atoms with E-state index in [0.29, 0.717) is 9.35 Å². The lowest BCUT2D eigenvalue weighted by atomic mass is 10.2. The number of hydrogen-bond donors (Lipinski definition) is 1. The fourth-order valence-electron chi connectivity index (χ4n) is 1.92. The smallest absolute Gasteiger partial charge is 0.267 e. The minimum Gasteiger partial charge on any atom is -0.267 e. The molecule has 0 aliphatic carbocycles. The van der Waals surface area contributed by atoms with E-state index in [1.54, 1.807) is 6.92 Å². The van der Waals surface area contributed by atoms with E-state index in [-0.39, 0.29) is 21.1 Å². The molecule has 0 bridgehead atoms. The van der Waals surface area contributed by atoms with E-state index < -0.39 is 20.7 Å². The zero-order chi connectivity index (χ0) is 18.2. The number of nitrogens with two attached hydrogens (primary N) is 1. The van der Waals surface area contributed by atoms with Crippen molar-refractivity contribution in [1.29, 1.82) is 0 Å². The van der Waals surface area contributed by atoms with E-state index in [0.717, 1.165) is 22.6 Å². The van der Waals surface area contributed by atoms with Crippen molar-refractivity contribution in [3.05, 3.63) is 49.3 Å². The summed E-state index contributed by atoms with van der Waals surface area (Å²) in [6, 6.07) is 5.02. The Hall–Kier alpha value is -1.82. The molecule has 0 fully saturated rings. The van der Waals surface area contributed by atoms with E-state index in [2.05, 4.69) is 15.9 Å². The molecule has 128 valence electrons. The van der Waals surface area contributed by atoms with Crippen LogP contribution >= 0.6 is 27.3 Å². The zero-order valence-electron chi connectivity index (χ0n) is 12.5. The van der Waals surface area contributed by atoms with Gasteiger partial charge >= 0.3 is 0 Å². The van der Waals surface area contributed by atoms with Gasteiger partial charge in [-0.25, -0.2) is 19.3 Å². The third-order valence-corrected chi connectivity index (χ3v) is 7.28. The highest BCUT2D eigenvalue weighted by atomic mass is 79.9. The predicted octanol–water partition coefficient (Wildman–Crippen LogP) is 2.65. The number of nitrogens with zero attached hydrogens (tertiary/aromatic N) is 2. The minimum atomic E-state index is -3.62. The summed E-state index contributed by atoms with van der Waals surface area (Å²) in [7, 11) is -3.62. The van der Waals surface area contributed by atoms with Gasteiger partial charge in [-0.3, -0.25) is 14.9 Å². The van der Waals surface area contributed by atoms with Gasteiger partial charge in [0.2, 0.25) is 0 Å². The van der Waals surface area contributed by atoms with Gasteiger partial charge in [0.25, 0.3) is 11.6 Å². The van der Waals surface area contributed by atoms with Crippen LogP contribution in [0.2, 0.25) is 0 Å². The topological polar surface area (TPSA) is 124 Å². The average molecular weight is 434 g/mol. The molecule has 0 saturated carbocycles. The lowest BCUT2D eigenvalue weighted by molar-refractivity contribution is -0.384. The molecule has 0 saturated heterocycles. The maximum Gasteiger partial charge on any atom is 0.275 e. The second kappa shape index (κ2) is 6.59. The summed E-state index contributed by atoms with van der Waals surface area (Å²) in [6.45, 7) is 1.67. The molecular weight excluding hydrogens is 422 g/mol. The molecule has 1 aromatic heterocycles. The number of aryl methyl sites for hydroxylation is 1. The summed E-state index contributed by atoms with van der Waals surface area (Å²) >= 11 is 4.19. The van der Waals surface area contributed by atoms with Crippen molar-refractivity contribution >= 4 is 54.4 Å². The van der Waals surface area contributed by atoms with Gasteiger partial charge in [0, 0.05) is 27.7 Å². The molecule has 2 rings (SSSR count). The van der Waals surface area contributed by atoms with E-state index in [1.165, 1.54) is 24.3 Å². The summed E-state index contributed by atoms with van der Waals surface area (Å²) in [6.07, 6.45) is 1.01. The standard InChI is InChI=1S/C13H12BrN3O5S2/c1-7-11(14)10(13(23-7)24(2,21)22)12(18)16(15)8-3-5-9(6-4-8)17(19)20/h3-6H,15H2,1-2H3. The number of sulfone groups is 1. The van der Waals surface area contributed by atoms with Gasteiger partial charge in [-0.1, -0.05) is 0 Å². The van der Waals surface area contributed by atoms with E-state index in [4.69, 9.17) is 5.84 Å². The summed E-state index contributed by atoms with van der Waals surface area (Å²) < 4.78 is 24.1. The van der Waals surface area contributed by atoms with Crippen LogP contribution in [0.3, 0.4) is 0 Å². The summed E-state index contributed by atoms with van der Waals surface area (Å²) in [5, 5.41) is 11.4. The first-order valence-corrected chi connectivity index (χ1v) is 9.86. The van der Waals surface area contributed by atoms with Gasteiger partial charge in [-0.2, -0.15) is 0 Å². The van der Waals surface area contributed by atoms with Crippen LogP contribution in [-0.2, 0) is 9.84 Å². The molecule has 1 amide bonds. The van der Waals surface area contributed by atoms with Crippen molar-refractivity contribution in [3.8, 4) is 0 Å². The van der Waals surface area contributed by atoms with Crippen LogP contribution in [0.1, 0.15) is 15.2 Å². The largest absolute Gasteiger partial charge is 0.275 e. The molecule has 1 aromatic carbocycles. The normalized spacial score (nSPS) is 11.3. The van der Waals surface area contributed by atoms with Crippen molar-refractivity contribution in [1.82, 2.24) is 0 Å². The van der Waals surface area contributed by atoms with Gasteiger partial charge in [0.15, 0.2) is 9.84 Å². The van der Waals surface area contributed by atoms with E-state index in [9.17, 15) is 23.3 Å². The maximum absolute atomic E-state index is 12.6. The highest BCUT2D eigenvalue weighted by molar-refractivity contribution is 9.10. The summed E-state index contributed by atoms with van der Waals surface area (Å²) in [5.41, 5.74) is -0.00867. The van der Waals surface area contributed by atoms with Gasteiger partial charge < -0.3 is 0 Å². The summed E-state index contributed by atoms with van der Waals surface area (Å²) in [4.78, 5) is 23.4. The molecule has 0 unspecified atom stereocenters. The second-order valence-electron chi connectivity index (χ2n) is 4.86. The van der Waals surface area contributed by atoms with Crippen molar-refractivity contribution in [2.24, 2.45) is 5.84 Å². The molecule has 1 heterocycles. The number of non-ortho nitro benzene ring substituents is 1. The first kappa shape index (κ1) is 18.5.